The van der Waals surface area contributed by atoms with E-state index in [4.69, 9.17) is 0 Å². The zero-order chi connectivity index (χ0) is 16.9. The fourth-order valence-corrected chi connectivity index (χ4v) is 2.23. The summed E-state index contributed by atoms with van der Waals surface area (Å²) in [6, 6.07) is 7.57. The second kappa shape index (κ2) is 14.1. The van der Waals surface area contributed by atoms with Crippen LogP contribution in [-0.2, 0) is 6.54 Å². The Morgan fingerprint density at radius 2 is 1.92 bits per heavy atom. The van der Waals surface area contributed by atoms with E-state index in [2.05, 4.69) is 34.8 Å². The maximum atomic E-state index is 11.7. The van der Waals surface area contributed by atoms with Gasteiger partial charge in [0.05, 0.1) is 6.54 Å². The van der Waals surface area contributed by atoms with Crippen molar-refractivity contribution < 1.29 is 4.79 Å². The van der Waals surface area contributed by atoms with Gasteiger partial charge in [0, 0.05) is 25.7 Å². The standard InChI is InChI=1S/C18H30N4O.HI/c1-4-6-7-8-12-21-18(20-5-2)22-14-15-10-9-11-16(13-15)17(23)19-3;/h9-11,13H,4-8,12,14H2,1-3H3,(H,19,23)(H2,20,21,22);1H. The van der Waals surface area contributed by atoms with Crippen molar-refractivity contribution in [2.75, 3.05) is 20.1 Å². The molecule has 1 aromatic rings. The van der Waals surface area contributed by atoms with Crippen LogP contribution in [0.4, 0.5) is 0 Å². The van der Waals surface area contributed by atoms with E-state index in [0.29, 0.717) is 12.1 Å². The zero-order valence-corrected chi connectivity index (χ0v) is 17.4. The Hall–Kier alpha value is -1.31. The van der Waals surface area contributed by atoms with Crippen molar-refractivity contribution in [3.05, 3.63) is 35.4 Å². The summed E-state index contributed by atoms with van der Waals surface area (Å²) in [5.74, 6) is 0.756. The summed E-state index contributed by atoms with van der Waals surface area (Å²) in [4.78, 5) is 16.3. The monoisotopic (exact) mass is 446 g/mol. The average Bonchev–Trinajstić information content (AvgIpc) is 2.59. The number of nitrogens with zero attached hydrogens (tertiary/aromatic N) is 1. The van der Waals surface area contributed by atoms with Crippen LogP contribution in [-0.4, -0.2) is 32.0 Å². The number of hydrogen-bond donors (Lipinski definition) is 3. The first kappa shape index (κ1) is 22.7. The van der Waals surface area contributed by atoms with E-state index in [9.17, 15) is 4.79 Å². The SMILES string of the molecule is CCCCCCNC(=NCc1cccc(C(=O)NC)c1)NCC.I. The number of benzene rings is 1. The van der Waals surface area contributed by atoms with Gasteiger partial charge in [0.25, 0.3) is 5.91 Å². The molecule has 24 heavy (non-hydrogen) atoms. The van der Waals surface area contributed by atoms with E-state index >= 15 is 0 Å². The molecule has 6 heteroatoms. The van der Waals surface area contributed by atoms with Crippen LogP contribution < -0.4 is 16.0 Å². The Bertz CT molecular complexity index is 506. The highest BCUT2D eigenvalue weighted by Gasteiger charge is 2.03. The van der Waals surface area contributed by atoms with E-state index in [1.165, 1.54) is 19.3 Å². The van der Waals surface area contributed by atoms with Gasteiger partial charge in [0.15, 0.2) is 5.96 Å². The Balaban J connectivity index is 0.00000529. The van der Waals surface area contributed by atoms with Crippen LogP contribution in [0.2, 0.25) is 0 Å². The highest BCUT2D eigenvalue weighted by molar-refractivity contribution is 14.0. The number of guanidine groups is 1. The molecule has 0 aliphatic carbocycles. The molecule has 1 aromatic carbocycles. The number of nitrogens with one attached hydrogen (secondary N) is 3. The fraction of sp³-hybridized carbons (Fsp3) is 0.556. The van der Waals surface area contributed by atoms with Crippen LogP contribution in [0.15, 0.2) is 29.3 Å². The van der Waals surface area contributed by atoms with Gasteiger partial charge < -0.3 is 16.0 Å². The number of unbranched alkanes of at least 4 members (excludes halogenated alkanes) is 3. The van der Waals surface area contributed by atoms with Crippen molar-refractivity contribution >= 4 is 35.8 Å². The maximum absolute atomic E-state index is 11.7. The number of amides is 1. The summed E-state index contributed by atoms with van der Waals surface area (Å²) in [5, 5.41) is 9.25. The van der Waals surface area contributed by atoms with Crippen LogP contribution >= 0.6 is 24.0 Å². The van der Waals surface area contributed by atoms with Crippen LogP contribution in [0, 0.1) is 0 Å². The molecule has 0 fully saturated rings. The molecule has 0 radical (unpaired) electrons. The van der Waals surface area contributed by atoms with Gasteiger partial charge in [-0.05, 0) is 31.0 Å². The lowest BCUT2D eigenvalue weighted by atomic mass is 10.1. The zero-order valence-electron chi connectivity index (χ0n) is 15.0. The number of carbonyl (C=O) groups excluding carboxylic acids is 1. The van der Waals surface area contributed by atoms with E-state index < -0.39 is 0 Å². The lowest BCUT2D eigenvalue weighted by molar-refractivity contribution is 0.0963. The van der Waals surface area contributed by atoms with Gasteiger partial charge in [-0.3, -0.25) is 4.79 Å². The second-order valence-corrected chi connectivity index (χ2v) is 5.46. The third-order valence-corrected chi connectivity index (χ3v) is 3.50. The molecule has 1 amide bonds. The topological polar surface area (TPSA) is 65.5 Å². The first-order valence-corrected chi connectivity index (χ1v) is 8.54. The molecule has 136 valence electrons. The molecule has 0 heterocycles. The number of carbonyl (C=O) groups is 1. The number of hydrogen-bond acceptors (Lipinski definition) is 2. The minimum Gasteiger partial charge on any atom is -0.357 e. The van der Waals surface area contributed by atoms with Crippen molar-refractivity contribution in [1.82, 2.24) is 16.0 Å². The molecule has 0 saturated heterocycles. The molecule has 0 aliphatic heterocycles. The summed E-state index contributed by atoms with van der Waals surface area (Å²) >= 11 is 0. The molecule has 1 rings (SSSR count). The van der Waals surface area contributed by atoms with Gasteiger partial charge >= 0.3 is 0 Å². The highest BCUT2D eigenvalue weighted by Crippen LogP contribution is 2.06. The molecule has 3 N–H and O–H groups in total. The van der Waals surface area contributed by atoms with Crippen molar-refractivity contribution in [2.45, 2.75) is 46.1 Å². The summed E-state index contributed by atoms with van der Waals surface area (Å²) in [5.41, 5.74) is 1.69. The van der Waals surface area contributed by atoms with Crippen LogP contribution in [0.5, 0.6) is 0 Å². The third kappa shape index (κ3) is 9.10. The fourth-order valence-electron chi connectivity index (χ4n) is 2.23. The molecule has 0 aliphatic rings. The minimum absolute atomic E-state index is 0. The average molecular weight is 446 g/mol. The Labute approximate surface area is 163 Å². The number of halogens is 1. The lowest BCUT2D eigenvalue weighted by Gasteiger charge is -2.11. The lowest BCUT2D eigenvalue weighted by Crippen LogP contribution is -2.37. The molecule has 0 spiro atoms. The smallest absolute Gasteiger partial charge is 0.251 e. The predicted molar refractivity (Wildman–Crippen MR) is 112 cm³/mol. The second-order valence-electron chi connectivity index (χ2n) is 5.46. The molecular weight excluding hydrogens is 415 g/mol. The predicted octanol–water partition coefficient (Wildman–Crippen LogP) is 3.30. The van der Waals surface area contributed by atoms with Gasteiger partial charge in [-0.2, -0.15) is 0 Å². The van der Waals surface area contributed by atoms with Crippen molar-refractivity contribution in [3.63, 3.8) is 0 Å². The summed E-state index contributed by atoms with van der Waals surface area (Å²) in [6.45, 7) is 6.59. The van der Waals surface area contributed by atoms with E-state index in [-0.39, 0.29) is 29.9 Å². The quantitative estimate of drug-likeness (QED) is 0.236. The molecule has 0 saturated carbocycles. The molecule has 0 aromatic heterocycles. The molecule has 0 bridgehead atoms. The Kier molecular flexibility index (Phi) is 13.3. The van der Waals surface area contributed by atoms with E-state index in [0.717, 1.165) is 31.0 Å². The van der Waals surface area contributed by atoms with Gasteiger partial charge in [0.2, 0.25) is 0 Å². The molecule has 5 nitrogen and oxygen atoms in total. The third-order valence-electron chi connectivity index (χ3n) is 3.50. The van der Waals surface area contributed by atoms with Gasteiger partial charge in [0.1, 0.15) is 0 Å². The van der Waals surface area contributed by atoms with Crippen LogP contribution in [0.25, 0.3) is 0 Å². The van der Waals surface area contributed by atoms with Crippen molar-refractivity contribution in [2.24, 2.45) is 4.99 Å². The molecular formula is C18H31IN4O. The van der Waals surface area contributed by atoms with Crippen LogP contribution in [0.3, 0.4) is 0 Å². The normalized spacial score (nSPS) is 10.7. The van der Waals surface area contributed by atoms with Crippen molar-refractivity contribution in [3.8, 4) is 0 Å². The Morgan fingerprint density at radius 3 is 2.58 bits per heavy atom. The van der Waals surface area contributed by atoms with Gasteiger partial charge in [-0.1, -0.05) is 38.3 Å². The molecule has 0 unspecified atom stereocenters. The van der Waals surface area contributed by atoms with Gasteiger partial charge in [-0.25, -0.2) is 4.99 Å². The summed E-state index contributed by atoms with van der Waals surface area (Å²) in [7, 11) is 1.64. The van der Waals surface area contributed by atoms with E-state index in [1.54, 1.807) is 7.05 Å². The van der Waals surface area contributed by atoms with Crippen LogP contribution in [0.1, 0.15) is 55.5 Å². The number of rotatable bonds is 9. The molecule has 0 atom stereocenters. The summed E-state index contributed by atoms with van der Waals surface area (Å²) < 4.78 is 0. The van der Waals surface area contributed by atoms with Gasteiger partial charge in [-0.15, -0.1) is 24.0 Å². The van der Waals surface area contributed by atoms with Crippen molar-refractivity contribution in [1.29, 1.82) is 0 Å². The maximum Gasteiger partial charge on any atom is 0.251 e. The number of aliphatic imine (C=N–C) groups is 1. The first-order valence-electron chi connectivity index (χ1n) is 8.54. The highest BCUT2D eigenvalue weighted by atomic mass is 127. The first-order chi connectivity index (χ1) is 11.2. The minimum atomic E-state index is -0.0724. The summed E-state index contributed by atoms with van der Waals surface area (Å²) in [6.07, 6.45) is 4.93. The van der Waals surface area contributed by atoms with E-state index in [1.807, 2.05) is 24.3 Å². The largest absolute Gasteiger partial charge is 0.357 e. The Morgan fingerprint density at radius 1 is 1.12 bits per heavy atom.